The summed E-state index contributed by atoms with van der Waals surface area (Å²) in [5.74, 6) is -0.385. The van der Waals surface area contributed by atoms with Gasteiger partial charge in [-0.1, -0.05) is 38.2 Å². The van der Waals surface area contributed by atoms with Crippen molar-refractivity contribution in [2.45, 2.75) is 46.3 Å². The lowest BCUT2D eigenvalue weighted by Gasteiger charge is -2.39. The van der Waals surface area contributed by atoms with E-state index in [0.29, 0.717) is 16.7 Å². The van der Waals surface area contributed by atoms with E-state index >= 15 is 0 Å². The summed E-state index contributed by atoms with van der Waals surface area (Å²) in [6.07, 6.45) is 5.08. The molecule has 0 bridgehead atoms. The second-order valence-electron chi connectivity index (χ2n) is 10.2. The summed E-state index contributed by atoms with van der Waals surface area (Å²) in [5, 5.41) is 1.67. The Morgan fingerprint density at radius 1 is 1.03 bits per heavy atom. The minimum Gasteiger partial charge on any atom is -0.455 e. The molecule has 0 saturated heterocycles. The summed E-state index contributed by atoms with van der Waals surface area (Å²) in [6, 6.07) is 6.31. The van der Waals surface area contributed by atoms with Crippen LogP contribution in [0.4, 0.5) is 17.6 Å². The van der Waals surface area contributed by atoms with Crippen LogP contribution in [0.25, 0.3) is 27.6 Å². The highest BCUT2D eigenvalue weighted by molar-refractivity contribution is 6.09. The molecule has 0 saturated carbocycles. The maximum atomic E-state index is 13.9. The lowest BCUT2D eigenvalue weighted by Crippen LogP contribution is -2.37. The van der Waals surface area contributed by atoms with Gasteiger partial charge >= 0.3 is 6.18 Å². The number of aryl methyl sites for hydroxylation is 1. The van der Waals surface area contributed by atoms with Crippen LogP contribution in [0.15, 0.2) is 70.2 Å². The molecule has 2 aromatic carbocycles. The van der Waals surface area contributed by atoms with Crippen molar-refractivity contribution in [3.8, 4) is 0 Å². The second kappa shape index (κ2) is 7.87. The largest absolute Gasteiger partial charge is 0.455 e. The van der Waals surface area contributed by atoms with Crippen LogP contribution in [0, 0.1) is 25.1 Å². The van der Waals surface area contributed by atoms with Gasteiger partial charge in [0.25, 0.3) is 0 Å². The molecule has 0 N–H and O–H groups in total. The number of nitrogens with zero attached hydrogens (tertiary/aromatic N) is 1. The van der Waals surface area contributed by atoms with Gasteiger partial charge in [0.1, 0.15) is 17.0 Å². The molecule has 2 nitrogen and oxygen atoms in total. The van der Waals surface area contributed by atoms with E-state index in [4.69, 9.17) is 4.42 Å². The van der Waals surface area contributed by atoms with Crippen molar-refractivity contribution >= 4 is 27.6 Å². The molecule has 2 heterocycles. The van der Waals surface area contributed by atoms with E-state index in [9.17, 15) is 17.6 Å². The fourth-order valence-corrected chi connectivity index (χ4v) is 5.06. The van der Waals surface area contributed by atoms with E-state index in [-0.39, 0.29) is 18.3 Å². The van der Waals surface area contributed by atoms with Gasteiger partial charge in [0.2, 0.25) is 0 Å². The van der Waals surface area contributed by atoms with Crippen molar-refractivity contribution in [2.24, 2.45) is 5.41 Å². The van der Waals surface area contributed by atoms with Gasteiger partial charge in [0.05, 0.1) is 11.5 Å². The molecule has 2 aliphatic rings. The van der Waals surface area contributed by atoms with Gasteiger partial charge in [-0.3, -0.25) is 0 Å². The summed E-state index contributed by atoms with van der Waals surface area (Å²) in [5.41, 5.74) is 4.30. The Hall–Kier alpha value is -3.28. The number of benzene rings is 2. The van der Waals surface area contributed by atoms with Gasteiger partial charge in [-0.05, 0) is 66.8 Å². The first kappa shape index (κ1) is 23.5. The Morgan fingerprint density at radius 2 is 1.77 bits per heavy atom. The molecule has 0 fully saturated rings. The second-order valence-corrected chi connectivity index (χ2v) is 10.2. The fraction of sp³-hybridized carbons (Fsp3) is 0.310. The van der Waals surface area contributed by atoms with E-state index in [1.54, 1.807) is 6.07 Å². The van der Waals surface area contributed by atoms with Crippen LogP contribution < -0.4 is 0 Å². The Labute approximate surface area is 201 Å². The van der Waals surface area contributed by atoms with Crippen LogP contribution in [0.1, 0.15) is 37.0 Å². The maximum absolute atomic E-state index is 13.9. The SMILES string of the molecule is Cc1cc2c(oc3cc(F)ccc32)c(C2=CC(CC(C)(C)C(F)(F)F)=C3C=CC=CC3N2C)c1C. The highest BCUT2D eigenvalue weighted by Crippen LogP contribution is 2.47. The molecule has 1 aromatic heterocycles. The van der Waals surface area contributed by atoms with Gasteiger partial charge in [-0.15, -0.1) is 0 Å². The van der Waals surface area contributed by atoms with Crippen LogP contribution in [0.5, 0.6) is 0 Å². The van der Waals surface area contributed by atoms with Crippen molar-refractivity contribution in [1.29, 1.82) is 0 Å². The van der Waals surface area contributed by atoms with Crippen LogP contribution >= 0.6 is 0 Å². The summed E-state index contributed by atoms with van der Waals surface area (Å²) in [6.45, 7) is 6.48. The van der Waals surface area contributed by atoms with Crippen molar-refractivity contribution in [3.05, 3.63) is 88.3 Å². The van der Waals surface area contributed by atoms with Crippen LogP contribution in [0.2, 0.25) is 0 Å². The molecule has 5 rings (SSSR count). The zero-order valence-electron chi connectivity index (χ0n) is 20.3. The maximum Gasteiger partial charge on any atom is 0.394 e. The predicted octanol–water partition coefficient (Wildman–Crippen LogP) is 8.40. The topological polar surface area (TPSA) is 16.4 Å². The number of likely N-dealkylation sites (N-methyl/N-ethyl adjacent to an activating group) is 1. The molecule has 0 amide bonds. The van der Waals surface area contributed by atoms with E-state index in [1.807, 2.05) is 57.3 Å². The molecular formula is C29H27F4NO. The first-order valence-corrected chi connectivity index (χ1v) is 11.6. The Morgan fingerprint density at radius 3 is 2.49 bits per heavy atom. The van der Waals surface area contributed by atoms with E-state index in [2.05, 4.69) is 4.90 Å². The zero-order chi connectivity index (χ0) is 25.3. The number of alkyl halides is 3. The summed E-state index contributed by atoms with van der Waals surface area (Å²) >= 11 is 0. The van der Waals surface area contributed by atoms with Gasteiger partial charge in [-0.25, -0.2) is 4.39 Å². The highest BCUT2D eigenvalue weighted by atomic mass is 19.4. The van der Waals surface area contributed by atoms with Crippen molar-refractivity contribution in [1.82, 2.24) is 4.90 Å². The Balaban J connectivity index is 1.78. The number of halogens is 4. The normalized spacial score (nSPS) is 18.6. The van der Waals surface area contributed by atoms with Gasteiger partial charge in [0.15, 0.2) is 0 Å². The van der Waals surface area contributed by atoms with E-state index in [0.717, 1.165) is 38.7 Å². The Kier molecular flexibility index (Phi) is 5.28. The first-order chi connectivity index (χ1) is 16.4. The third-order valence-electron chi connectivity index (χ3n) is 7.38. The molecule has 1 aliphatic carbocycles. The standard InChI is InChI=1S/C29H27F4NO/c1-16-12-22-21-11-10-19(30)14-25(21)35-27(22)26(17(16)2)24-13-18(15-28(3,4)29(31,32)33)20-8-6-7-9-23(20)34(24)5/h6-14,23H,15H2,1-5H3. The molecule has 1 atom stereocenters. The summed E-state index contributed by atoms with van der Waals surface area (Å²) in [7, 11) is 1.95. The van der Waals surface area contributed by atoms with Gasteiger partial charge in [-0.2, -0.15) is 13.2 Å². The molecule has 1 unspecified atom stereocenters. The average Bonchev–Trinajstić information content (AvgIpc) is 3.13. The van der Waals surface area contributed by atoms with Crippen molar-refractivity contribution in [3.63, 3.8) is 0 Å². The smallest absolute Gasteiger partial charge is 0.394 e. The number of allylic oxidation sites excluding steroid dienone is 4. The molecular weight excluding hydrogens is 454 g/mol. The fourth-order valence-electron chi connectivity index (χ4n) is 5.06. The highest BCUT2D eigenvalue weighted by Gasteiger charge is 2.48. The molecule has 35 heavy (non-hydrogen) atoms. The first-order valence-electron chi connectivity index (χ1n) is 11.6. The third kappa shape index (κ3) is 3.70. The predicted molar refractivity (Wildman–Crippen MR) is 132 cm³/mol. The molecule has 182 valence electrons. The van der Waals surface area contributed by atoms with Crippen LogP contribution in [0.3, 0.4) is 0 Å². The lowest BCUT2D eigenvalue weighted by molar-refractivity contribution is -0.210. The minimum absolute atomic E-state index is 0.142. The number of furan rings is 1. The van der Waals surface area contributed by atoms with Crippen LogP contribution in [-0.2, 0) is 0 Å². The Bertz CT molecular complexity index is 1480. The number of rotatable bonds is 3. The van der Waals surface area contributed by atoms with Gasteiger partial charge < -0.3 is 9.32 Å². The van der Waals surface area contributed by atoms with Crippen molar-refractivity contribution < 1.29 is 22.0 Å². The molecule has 0 spiro atoms. The quantitative estimate of drug-likeness (QED) is 0.349. The zero-order valence-corrected chi connectivity index (χ0v) is 20.3. The summed E-state index contributed by atoms with van der Waals surface area (Å²) in [4.78, 5) is 2.08. The van der Waals surface area contributed by atoms with E-state index < -0.39 is 11.6 Å². The number of fused-ring (bicyclic) bond motifs is 4. The molecule has 0 radical (unpaired) electrons. The summed E-state index contributed by atoms with van der Waals surface area (Å²) < 4.78 is 61.7. The third-order valence-corrected chi connectivity index (χ3v) is 7.38. The van der Waals surface area contributed by atoms with E-state index in [1.165, 1.54) is 26.0 Å². The number of hydrogen-bond acceptors (Lipinski definition) is 2. The van der Waals surface area contributed by atoms with Crippen LogP contribution in [-0.4, -0.2) is 24.2 Å². The molecule has 3 aromatic rings. The molecule has 1 aliphatic heterocycles. The molecule has 6 heteroatoms. The minimum atomic E-state index is -4.34. The van der Waals surface area contributed by atoms with Crippen molar-refractivity contribution in [2.75, 3.05) is 7.05 Å². The van der Waals surface area contributed by atoms with Gasteiger partial charge in [0, 0.05) is 35.1 Å². The number of hydrogen-bond donors (Lipinski definition) is 0. The average molecular weight is 482 g/mol. The monoisotopic (exact) mass is 481 g/mol. The lowest BCUT2D eigenvalue weighted by atomic mass is 9.79.